The van der Waals surface area contributed by atoms with Gasteiger partial charge >= 0.3 is 0 Å². The zero-order chi connectivity index (χ0) is 15.9. The molecule has 2 aromatic rings. The van der Waals surface area contributed by atoms with Crippen molar-refractivity contribution in [2.45, 2.75) is 13.5 Å². The number of methoxy groups -OCH3 is 1. The van der Waals surface area contributed by atoms with Crippen molar-refractivity contribution < 1.29 is 14.7 Å². The molecule has 22 heavy (non-hydrogen) atoms. The fourth-order valence-electron chi connectivity index (χ4n) is 1.96. The zero-order valence-electron chi connectivity index (χ0n) is 12.4. The Bertz CT molecular complexity index is 733. The summed E-state index contributed by atoms with van der Waals surface area (Å²) in [7, 11) is 1.55. The first-order valence-electron chi connectivity index (χ1n) is 6.67. The standard InChI is InChI=1S/C17H16N2O3/c1-12(19-20)15-6-7-16(17(9-15)21-2)22-11-14-5-3-4-13(8-14)10-18/h3-9,20H,11H2,1-2H3/b19-12+. The predicted molar refractivity (Wildman–Crippen MR) is 82.5 cm³/mol. The van der Waals surface area contributed by atoms with Crippen molar-refractivity contribution in [1.29, 1.82) is 5.26 Å². The second-order valence-electron chi connectivity index (χ2n) is 4.65. The van der Waals surface area contributed by atoms with Crippen LogP contribution in [0.4, 0.5) is 0 Å². The van der Waals surface area contributed by atoms with Crippen molar-refractivity contribution in [2.75, 3.05) is 7.11 Å². The van der Waals surface area contributed by atoms with E-state index in [1.165, 1.54) is 0 Å². The molecule has 1 N–H and O–H groups in total. The second kappa shape index (κ2) is 7.14. The minimum absolute atomic E-state index is 0.332. The summed E-state index contributed by atoms with van der Waals surface area (Å²) in [6, 6.07) is 14.6. The number of ether oxygens (including phenoxy) is 2. The topological polar surface area (TPSA) is 74.8 Å². The van der Waals surface area contributed by atoms with Gasteiger partial charge in [-0.15, -0.1) is 0 Å². The quantitative estimate of drug-likeness (QED) is 0.521. The van der Waals surface area contributed by atoms with E-state index in [4.69, 9.17) is 19.9 Å². The summed E-state index contributed by atoms with van der Waals surface area (Å²) in [5, 5.41) is 20.9. The molecular formula is C17H16N2O3. The molecule has 2 rings (SSSR count). The number of hydrogen-bond donors (Lipinski definition) is 1. The first-order chi connectivity index (χ1) is 10.7. The van der Waals surface area contributed by atoms with Gasteiger partial charge in [-0.3, -0.25) is 0 Å². The molecule has 112 valence electrons. The maximum atomic E-state index is 8.89. The average Bonchev–Trinajstić information content (AvgIpc) is 2.59. The summed E-state index contributed by atoms with van der Waals surface area (Å²) < 4.78 is 11.0. The van der Waals surface area contributed by atoms with E-state index in [0.29, 0.717) is 29.4 Å². The van der Waals surface area contributed by atoms with E-state index in [0.717, 1.165) is 11.1 Å². The van der Waals surface area contributed by atoms with Gasteiger partial charge in [0.2, 0.25) is 0 Å². The maximum Gasteiger partial charge on any atom is 0.161 e. The number of oxime groups is 1. The summed E-state index contributed by atoms with van der Waals surface area (Å²) in [5.41, 5.74) is 2.74. The molecule has 0 aliphatic heterocycles. The Kier molecular flexibility index (Phi) is 4.99. The summed E-state index contributed by atoms with van der Waals surface area (Å²) >= 11 is 0. The van der Waals surface area contributed by atoms with Crippen LogP contribution in [0, 0.1) is 11.3 Å². The minimum atomic E-state index is 0.332. The van der Waals surface area contributed by atoms with Crippen LogP contribution in [0.15, 0.2) is 47.6 Å². The van der Waals surface area contributed by atoms with Gasteiger partial charge in [0.1, 0.15) is 6.61 Å². The van der Waals surface area contributed by atoms with E-state index in [-0.39, 0.29) is 0 Å². The molecule has 0 saturated heterocycles. The third-order valence-corrected chi connectivity index (χ3v) is 3.18. The number of nitriles is 1. The molecule has 0 aromatic heterocycles. The summed E-state index contributed by atoms with van der Waals surface area (Å²) in [6.07, 6.45) is 0. The highest BCUT2D eigenvalue weighted by molar-refractivity contribution is 5.98. The lowest BCUT2D eigenvalue weighted by molar-refractivity contribution is 0.284. The van der Waals surface area contributed by atoms with Crippen molar-refractivity contribution in [1.82, 2.24) is 0 Å². The van der Waals surface area contributed by atoms with Crippen LogP contribution in [0.3, 0.4) is 0 Å². The molecule has 0 saturated carbocycles. The molecule has 2 aromatic carbocycles. The van der Waals surface area contributed by atoms with Crippen molar-refractivity contribution in [2.24, 2.45) is 5.16 Å². The Morgan fingerprint density at radius 2 is 2.05 bits per heavy atom. The Morgan fingerprint density at radius 3 is 2.73 bits per heavy atom. The predicted octanol–water partition coefficient (Wildman–Crippen LogP) is 3.34. The maximum absolute atomic E-state index is 8.89. The lowest BCUT2D eigenvalue weighted by Gasteiger charge is -2.12. The van der Waals surface area contributed by atoms with Gasteiger partial charge in [-0.2, -0.15) is 5.26 Å². The van der Waals surface area contributed by atoms with Crippen LogP contribution < -0.4 is 9.47 Å². The van der Waals surface area contributed by atoms with Crippen LogP contribution in [-0.4, -0.2) is 18.0 Å². The van der Waals surface area contributed by atoms with Gasteiger partial charge < -0.3 is 14.7 Å². The molecule has 0 unspecified atom stereocenters. The summed E-state index contributed by atoms with van der Waals surface area (Å²) in [6.45, 7) is 2.03. The van der Waals surface area contributed by atoms with Gasteiger partial charge in [0.15, 0.2) is 11.5 Å². The first kappa shape index (κ1) is 15.4. The van der Waals surface area contributed by atoms with Gasteiger partial charge in [0.25, 0.3) is 0 Å². The molecule has 0 amide bonds. The highest BCUT2D eigenvalue weighted by Gasteiger charge is 2.08. The molecule has 5 nitrogen and oxygen atoms in total. The van der Waals surface area contributed by atoms with Crippen LogP contribution >= 0.6 is 0 Å². The third kappa shape index (κ3) is 3.55. The molecule has 0 bridgehead atoms. The van der Waals surface area contributed by atoms with Crippen LogP contribution in [0.2, 0.25) is 0 Å². The lowest BCUT2D eigenvalue weighted by atomic mass is 10.1. The SMILES string of the molecule is COc1cc(/C(C)=N/O)ccc1OCc1cccc(C#N)c1. The van der Waals surface area contributed by atoms with E-state index < -0.39 is 0 Å². The summed E-state index contributed by atoms with van der Waals surface area (Å²) in [5.74, 6) is 1.14. The van der Waals surface area contributed by atoms with E-state index in [2.05, 4.69) is 11.2 Å². The Hall–Kier alpha value is -3.00. The molecule has 0 radical (unpaired) electrons. The van der Waals surface area contributed by atoms with Gasteiger partial charge in [-0.1, -0.05) is 17.3 Å². The van der Waals surface area contributed by atoms with Crippen LogP contribution in [-0.2, 0) is 6.61 Å². The number of nitrogens with zero attached hydrogens (tertiary/aromatic N) is 2. The fourth-order valence-corrected chi connectivity index (χ4v) is 1.96. The Morgan fingerprint density at radius 1 is 1.23 bits per heavy atom. The zero-order valence-corrected chi connectivity index (χ0v) is 12.4. The van der Waals surface area contributed by atoms with Gasteiger partial charge in [-0.25, -0.2) is 0 Å². The average molecular weight is 296 g/mol. The fraction of sp³-hybridized carbons (Fsp3) is 0.176. The minimum Gasteiger partial charge on any atom is -0.493 e. The smallest absolute Gasteiger partial charge is 0.161 e. The van der Waals surface area contributed by atoms with Crippen molar-refractivity contribution in [3.8, 4) is 17.6 Å². The molecule has 5 heteroatoms. The molecule has 0 spiro atoms. The molecule has 0 heterocycles. The molecule has 0 aliphatic carbocycles. The largest absolute Gasteiger partial charge is 0.493 e. The van der Waals surface area contributed by atoms with E-state index in [9.17, 15) is 0 Å². The van der Waals surface area contributed by atoms with E-state index in [1.54, 1.807) is 44.4 Å². The molecular weight excluding hydrogens is 280 g/mol. The van der Waals surface area contributed by atoms with Crippen LogP contribution in [0.25, 0.3) is 0 Å². The van der Waals surface area contributed by atoms with Gasteiger partial charge in [-0.05, 0) is 42.8 Å². The molecule has 0 fully saturated rings. The van der Waals surface area contributed by atoms with Crippen molar-refractivity contribution in [3.05, 3.63) is 59.2 Å². The number of hydrogen-bond acceptors (Lipinski definition) is 5. The lowest BCUT2D eigenvalue weighted by Crippen LogP contribution is -2.00. The number of rotatable bonds is 5. The van der Waals surface area contributed by atoms with Crippen molar-refractivity contribution in [3.63, 3.8) is 0 Å². The second-order valence-corrected chi connectivity index (χ2v) is 4.65. The van der Waals surface area contributed by atoms with E-state index >= 15 is 0 Å². The van der Waals surface area contributed by atoms with Gasteiger partial charge in [0, 0.05) is 5.56 Å². The highest BCUT2D eigenvalue weighted by Crippen LogP contribution is 2.29. The van der Waals surface area contributed by atoms with Crippen LogP contribution in [0.1, 0.15) is 23.6 Å². The molecule has 0 aliphatic rings. The highest BCUT2D eigenvalue weighted by atomic mass is 16.5. The number of benzene rings is 2. The normalized spacial score (nSPS) is 10.9. The van der Waals surface area contributed by atoms with Crippen LogP contribution in [0.5, 0.6) is 11.5 Å². The Labute approximate surface area is 129 Å². The Balaban J connectivity index is 2.17. The first-order valence-corrected chi connectivity index (χ1v) is 6.67. The van der Waals surface area contributed by atoms with E-state index in [1.807, 2.05) is 12.1 Å². The monoisotopic (exact) mass is 296 g/mol. The third-order valence-electron chi connectivity index (χ3n) is 3.18. The molecule has 0 atom stereocenters. The van der Waals surface area contributed by atoms with Gasteiger partial charge in [0.05, 0.1) is 24.5 Å². The van der Waals surface area contributed by atoms with Crippen molar-refractivity contribution >= 4 is 5.71 Å². The summed E-state index contributed by atoms with van der Waals surface area (Å²) in [4.78, 5) is 0.